The van der Waals surface area contributed by atoms with E-state index in [1.54, 1.807) is 0 Å². The minimum absolute atomic E-state index is 1.29. The first-order chi connectivity index (χ1) is 28.6. The van der Waals surface area contributed by atoms with Crippen molar-refractivity contribution < 1.29 is 0 Å². The van der Waals surface area contributed by atoms with Gasteiger partial charge in [-0.05, 0) is 76.5 Å². The third-order valence-electron chi connectivity index (χ3n) is 17.1. The Balaban J connectivity index is 1.80. The Bertz CT molecular complexity index is 3360. The molecule has 21 heteroatoms. The van der Waals surface area contributed by atoms with Gasteiger partial charge in [-0.1, -0.05) is 112 Å². The van der Waals surface area contributed by atoms with Crippen molar-refractivity contribution in [1.82, 2.24) is 0 Å². The third-order valence-corrected chi connectivity index (χ3v) is 17.1. The number of hydrogen-bond donors (Lipinski definition) is 0. The molecule has 8 rings (SSSR count). The van der Waals surface area contributed by atoms with E-state index in [4.69, 9.17) is 0 Å². The molecule has 8 aromatic rings. The Morgan fingerprint density at radius 1 is 0.164 bits per heavy atom. The second kappa shape index (κ2) is 15.2. The van der Waals surface area contributed by atoms with Gasteiger partial charge in [0, 0.05) is 0 Å². The lowest BCUT2D eigenvalue weighted by atomic mass is 9.56. The van der Waals surface area contributed by atoms with Crippen LogP contribution >= 0.6 is 0 Å². The first-order valence-corrected chi connectivity index (χ1v) is 22.7. The molecule has 0 radical (unpaired) electrons. The smallest absolute Gasteiger partial charge is 0.101 e. The molecule has 0 amide bonds. The summed E-state index contributed by atoms with van der Waals surface area (Å²) in [5.74, 6) is 0. The van der Waals surface area contributed by atoms with E-state index in [0.717, 1.165) is 0 Å². The van der Waals surface area contributed by atoms with E-state index in [2.05, 4.69) is 195 Å². The number of fused-ring (bicyclic) bond motifs is 4. The van der Waals surface area contributed by atoms with E-state index in [0.29, 0.717) is 0 Å². The Morgan fingerprint density at radius 2 is 0.377 bits per heavy atom. The van der Waals surface area contributed by atoms with Crippen molar-refractivity contribution in [3.63, 3.8) is 0 Å². The van der Waals surface area contributed by atoms with Crippen LogP contribution in [0.15, 0.2) is 30.3 Å². The highest BCUT2D eigenvalue weighted by Gasteiger charge is 2.30. The molecule has 0 atom stereocenters. The molecule has 270 valence electrons. The van der Waals surface area contributed by atoms with Gasteiger partial charge in [0.2, 0.25) is 0 Å². The number of rotatable bonds is 3. The van der Waals surface area contributed by atoms with Crippen molar-refractivity contribution in [2.75, 3.05) is 0 Å². The Morgan fingerprint density at radius 3 is 0.705 bits per heavy atom. The largest absolute Gasteiger partial charge is 0.140 e. The van der Waals surface area contributed by atoms with E-state index in [9.17, 15) is 0 Å². The summed E-state index contributed by atoms with van der Waals surface area (Å²) < 4.78 is 0. The van der Waals surface area contributed by atoms with Gasteiger partial charge in [0.15, 0.2) is 0 Å². The van der Waals surface area contributed by atoms with Gasteiger partial charge >= 0.3 is 0 Å². The molecule has 0 aliphatic heterocycles. The molecule has 0 aliphatic carbocycles. The van der Waals surface area contributed by atoms with Crippen molar-refractivity contribution in [3.05, 3.63) is 30.3 Å². The van der Waals surface area contributed by atoms with Gasteiger partial charge in [0.05, 0.1) is 0 Å². The summed E-state index contributed by atoms with van der Waals surface area (Å²) in [5.41, 5.74) is 37.7. The van der Waals surface area contributed by atoms with E-state index in [1.165, 1.54) is 191 Å². The van der Waals surface area contributed by atoms with Gasteiger partial charge in [0.1, 0.15) is 165 Å². The molecule has 0 aromatic heterocycles. The standard InChI is InChI=1S/C40H47B21/c41-20-7(6-4-2-1-3-5-6)23(44)24(45)11-9(15-22(43)17-19(30(51)28(15)49)34(55)40(61)38(59)32(17)53)13-12(25(46)35(56)36(57)26(13)47)8(10(11)20)14-21(42)16-18(29(50)27(14)48)33(54)39(60)37(58)31(16)52/h1-5H,41-61H2. The van der Waals surface area contributed by atoms with Crippen LogP contribution in [0.3, 0.4) is 0 Å². The fourth-order valence-corrected chi connectivity index (χ4v) is 12.3. The predicted molar refractivity (Wildman–Crippen MR) is 345 cm³/mol. The summed E-state index contributed by atoms with van der Waals surface area (Å²) in [4.78, 5) is 0. The molecule has 0 N–H and O–H groups in total. The molecule has 0 aliphatic rings. The molecular weight excluding hydrogens is 707 g/mol. The van der Waals surface area contributed by atoms with Crippen LogP contribution in [0.1, 0.15) is 0 Å². The second-order valence-electron chi connectivity index (χ2n) is 19.4. The maximum atomic E-state index is 2.44. The van der Waals surface area contributed by atoms with Gasteiger partial charge in [-0.3, -0.25) is 0 Å². The van der Waals surface area contributed by atoms with E-state index in [1.807, 2.05) is 0 Å². The maximum Gasteiger partial charge on any atom is 0.140 e. The molecule has 0 unspecified atom stereocenters. The Kier molecular flexibility index (Phi) is 10.9. The Labute approximate surface area is 384 Å². The maximum absolute atomic E-state index is 2.44. The van der Waals surface area contributed by atoms with Crippen LogP contribution in [0, 0.1) is 0 Å². The summed E-state index contributed by atoms with van der Waals surface area (Å²) in [6.07, 6.45) is 0. The fraction of sp³-hybridized carbons (Fsp3) is 0. The molecule has 0 saturated carbocycles. The van der Waals surface area contributed by atoms with E-state index in [-0.39, 0.29) is 0 Å². The zero-order chi connectivity index (χ0) is 44.7. The average Bonchev–Trinajstić information content (AvgIpc) is 3.23. The highest BCUT2D eigenvalue weighted by Crippen LogP contribution is 2.40. The second-order valence-corrected chi connectivity index (χ2v) is 19.4. The Hall–Kier alpha value is -3.84. The van der Waals surface area contributed by atoms with Crippen molar-refractivity contribution in [2.45, 2.75) is 0 Å². The highest BCUT2D eigenvalue weighted by molar-refractivity contribution is 6.76. The topological polar surface area (TPSA) is 0 Å². The van der Waals surface area contributed by atoms with E-state index < -0.39 is 0 Å². The van der Waals surface area contributed by atoms with Crippen LogP contribution in [-0.4, -0.2) is 165 Å². The first kappa shape index (κ1) is 43.8. The molecule has 0 bridgehead atoms. The summed E-state index contributed by atoms with van der Waals surface area (Å²) in [7, 11) is 50.0. The van der Waals surface area contributed by atoms with Gasteiger partial charge in [-0.15, -0.1) is 32.8 Å². The molecular formula is C40H47B21. The van der Waals surface area contributed by atoms with Crippen LogP contribution in [0.2, 0.25) is 0 Å². The summed E-state index contributed by atoms with van der Waals surface area (Å²) >= 11 is 0. The molecule has 0 fully saturated rings. The van der Waals surface area contributed by atoms with Gasteiger partial charge in [0.25, 0.3) is 0 Å². The minimum atomic E-state index is 1.29. The van der Waals surface area contributed by atoms with Crippen LogP contribution < -0.4 is 115 Å². The quantitative estimate of drug-likeness (QED) is 0.124. The van der Waals surface area contributed by atoms with Gasteiger partial charge < -0.3 is 0 Å². The zero-order valence-electron chi connectivity index (χ0n) is 41.4. The first-order valence-electron chi connectivity index (χ1n) is 22.7. The van der Waals surface area contributed by atoms with Crippen molar-refractivity contribution >= 4 is 323 Å². The minimum Gasteiger partial charge on any atom is -0.101 e. The molecule has 61 heavy (non-hydrogen) atoms. The van der Waals surface area contributed by atoms with Crippen LogP contribution in [0.4, 0.5) is 0 Å². The van der Waals surface area contributed by atoms with Crippen LogP contribution in [0.5, 0.6) is 0 Å². The van der Waals surface area contributed by atoms with Crippen molar-refractivity contribution in [2.24, 2.45) is 0 Å². The lowest BCUT2D eigenvalue weighted by molar-refractivity contribution is 1.69. The average molecular weight is 755 g/mol. The molecule has 0 saturated heterocycles. The molecule has 0 nitrogen and oxygen atoms in total. The summed E-state index contributed by atoms with van der Waals surface area (Å²) in [5, 5.41) is 11.4. The SMILES string of the molecule is Bc1c(B)c(B)c2c(B)c(-c3c4c(B)c(B)c(B)c(B)c4c(-c4c(B)c(B)c5c(B)c(B)c(B)c(B)c5c4B)c4c(B)c(-c5ccccc5)c(B)c(B)c34)c(B)c(B)c2c1B. The molecule has 0 heterocycles. The lowest BCUT2D eigenvalue weighted by Crippen LogP contribution is -2.52. The molecule has 0 spiro atoms. The highest BCUT2D eigenvalue weighted by atomic mass is 14.3. The predicted octanol–water partition coefficient (Wildman–Crippen LogP) is -25.3. The van der Waals surface area contributed by atoms with E-state index >= 15 is 0 Å². The number of hydrogen-bond acceptors (Lipinski definition) is 0. The normalized spacial score (nSPS) is 11.7. The van der Waals surface area contributed by atoms with Crippen LogP contribution in [0.25, 0.3) is 76.5 Å². The fourth-order valence-electron chi connectivity index (χ4n) is 12.3. The third kappa shape index (κ3) is 5.83. The zero-order valence-corrected chi connectivity index (χ0v) is 41.4. The number of benzene rings is 8. The molecule has 8 aromatic carbocycles. The van der Waals surface area contributed by atoms with Crippen molar-refractivity contribution in [1.29, 1.82) is 0 Å². The lowest BCUT2D eigenvalue weighted by Gasteiger charge is -2.32. The monoisotopic (exact) mass is 759 g/mol. The van der Waals surface area contributed by atoms with Crippen molar-refractivity contribution in [3.8, 4) is 33.4 Å². The van der Waals surface area contributed by atoms with Crippen LogP contribution in [-0.2, 0) is 0 Å². The van der Waals surface area contributed by atoms with Gasteiger partial charge in [-0.2, -0.15) is 0 Å². The summed E-state index contributed by atoms with van der Waals surface area (Å²) in [6.45, 7) is 0. The summed E-state index contributed by atoms with van der Waals surface area (Å²) in [6, 6.07) is 11.2. The van der Waals surface area contributed by atoms with Gasteiger partial charge in [-0.25, -0.2) is 0 Å².